The monoisotopic (exact) mass is 187 g/mol. The number of hydrogen-bond acceptors (Lipinski definition) is 1. The van der Waals surface area contributed by atoms with Crippen LogP contribution in [-0.4, -0.2) is 6.04 Å². The quantitative estimate of drug-likeness (QED) is 0.716. The maximum Gasteiger partial charge on any atom is 0.123 e. The summed E-state index contributed by atoms with van der Waals surface area (Å²) < 4.78 is 12.4. The molecular weight excluding hydrogens is 177 g/mol. The highest BCUT2D eigenvalue weighted by atomic mass is 35.5. The molecule has 0 radical (unpaired) electrons. The highest BCUT2D eigenvalue weighted by molar-refractivity contribution is 5.85. The zero-order valence-corrected chi connectivity index (χ0v) is 7.35. The molecule has 0 amide bonds. The third-order valence-corrected chi connectivity index (χ3v) is 2.14. The molecule has 0 aromatic heterocycles. The van der Waals surface area contributed by atoms with Crippen molar-refractivity contribution in [3.05, 3.63) is 35.6 Å². The van der Waals surface area contributed by atoms with E-state index >= 15 is 0 Å². The fourth-order valence-electron chi connectivity index (χ4n) is 1.31. The largest absolute Gasteiger partial charge is 0.327 e. The molecular formula is C9H11ClFN. The van der Waals surface area contributed by atoms with Crippen LogP contribution in [0.25, 0.3) is 0 Å². The molecule has 1 aliphatic carbocycles. The predicted molar refractivity (Wildman–Crippen MR) is 49.0 cm³/mol. The molecule has 2 atom stereocenters. The second-order valence-corrected chi connectivity index (χ2v) is 3.06. The lowest BCUT2D eigenvalue weighted by Crippen LogP contribution is -2.00. The van der Waals surface area contributed by atoms with Crippen LogP contribution in [0.1, 0.15) is 17.9 Å². The van der Waals surface area contributed by atoms with E-state index < -0.39 is 0 Å². The summed E-state index contributed by atoms with van der Waals surface area (Å²) in [5, 5.41) is 0. The molecule has 0 saturated heterocycles. The summed E-state index contributed by atoms with van der Waals surface area (Å²) in [7, 11) is 0. The Morgan fingerprint density at radius 1 is 1.25 bits per heavy atom. The number of rotatable bonds is 1. The minimum Gasteiger partial charge on any atom is -0.327 e. The number of hydrogen-bond donors (Lipinski definition) is 1. The highest BCUT2D eigenvalue weighted by Gasteiger charge is 2.34. The molecule has 1 aromatic carbocycles. The molecule has 1 aromatic rings. The maximum absolute atomic E-state index is 12.4. The normalized spacial score (nSPS) is 26.2. The fourth-order valence-corrected chi connectivity index (χ4v) is 1.31. The van der Waals surface area contributed by atoms with E-state index in [9.17, 15) is 4.39 Å². The van der Waals surface area contributed by atoms with E-state index in [0.717, 1.165) is 6.42 Å². The lowest BCUT2D eigenvalue weighted by molar-refractivity contribution is 0.627. The fraction of sp³-hybridized carbons (Fsp3) is 0.333. The van der Waals surface area contributed by atoms with Crippen LogP contribution in [0.4, 0.5) is 4.39 Å². The number of halogens is 2. The van der Waals surface area contributed by atoms with Gasteiger partial charge in [0.1, 0.15) is 5.82 Å². The zero-order chi connectivity index (χ0) is 7.84. The predicted octanol–water partition coefficient (Wildman–Crippen LogP) is 2.06. The van der Waals surface area contributed by atoms with Gasteiger partial charge in [-0.25, -0.2) is 4.39 Å². The first-order chi connectivity index (χ1) is 5.27. The van der Waals surface area contributed by atoms with E-state index in [0.29, 0.717) is 12.0 Å². The van der Waals surface area contributed by atoms with E-state index in [1.165, 1.54) is 17.7 Å². The summed E-state index contributed by atoms with van der Waals surface area (Å²) in [6, 6.07) is 6.90. The summed E-state index contributed by atoms with van der Waals surface area (Å²) in [5.41, 5.74) is 6.81. The molecule has 2 rings (SSSR count). The Kier molecular flexibility index (Phi) is 2.70. The molecule has 3 heteroatoms. The van der Waals surface area contributed by atoms with Crippen molar-refractivity contribution >= 4 is 12.4 Å². The molecule has 0 aliphatic heterocycles. The van der Waals surface area contributed by atoms with Crippen LogP contribution in [0.3, 0.4) is 0 Å². The summed E-state index contributed by atoms with van der Waals surface area (Å²) in [6.45, 7) is 0. The summed E-state index contributed by atoms with van der Waals surface area (Å²) in [4.78, 5) is 0. The topological polar surface area (TPSA) is 26.0 Å². The smallest absolute Gasteiger partial charge is 0.123 e. The molecule has 0 heterocycles. The highest BCUT2D eigenvalue weighted by Crippen LogP contribution is 2.38. The minimum absolute atomic E-state index is 0. The SMILES string of the molecule is Cl.N[C@@H]1C[C@@H]1c1ccc(F)cc1. The van der Waals surface area contributed by atoms with Gasteiger partial charge >= 0.3 is 0 Å². The average Bonchev–Trinajstić information content (AvgIpc) is 2.69. The third-order valence-electron chi connectivity index (χ3n) is 2.14. The molecule has 1 nitrogen and oxygen atoms in total. The lowest BCUT2D eigenvalue weighted by Gasteiger charge is -1.96. The molecule has 2 N–H and O–H groups in total. The van der Waals surface area contributed by atoms with Crippen molar-refractivity contribution in [2.45, 2.75) is 18.4 Å². The molecule has 12 heavy (non-hydrogen) atoms. The number of benzene rings is 1. The summed E-state index contributed by atoms with van der Waals surface area (Å²) in [6.07, 6.45) is 1.05. The third kappa shape index (κ3) is 1.76. The second-order valence-electron chi connectivity index (χ2n) is 3.06. The van der Waals surface area contributed by atoms with Crippen LogP contribution in [0.2, 0.25) is 0 Å². The summed E-state index contributed by atoms with van der Waals surface area (Å²) in [5.74, 6) is 0.304. The first-order valence-corrected chi connectivity index (χ1v) is 3.78. The van der Waals surface area contributed by atoms with E-state index in [1.54, 1.807) is 0 Å². The van der Waals surface area contributed by atoms with Crippen molar-refractivity contribution in [3.63, 3.8) is 0 Å². The van der Waals surface area contributed by atoms with Gasteiger partial charge in [0.05, 0.1) is 0 Å². The molecule has 1 fully saturated rings. The molecule has 0 unspecified atom stereocenters. The first kappa shape index (κ1) is 9.49. The van der Waals surface area contributed by atoms with E-state index in [1.807, 2.05) is 12.1 Å². The van der Waals surface area contributed by atoms with Gasteiger partial charge in [0.25, 0.3) is 0 Å². The van der Waals surface area contributed by atoms with Crippen LogP contribution in [0.5, 0.6) is 0 Å². The molecule has 1 aliphatic rings. The van der Waals surface area contributed by atoms with E-state index in [4.69, 9.17) is 5.73 Å². The van der Waals surface area contributed by atoms with Crippen LogP contribution < -0.4 is 5.73 Å². The van der Waals surface area contributed by atoms with Gasteiger partial charge in [0.15, 0.2) is 0 Å². The standard InChI is InChI=1S/C9H10FN.ClH/c10-7-3-1-6(2-4-7)8-5-9(8)11;/h1-4,8-9H,5,11H2;1H/t8-,9-;/m1./s1. The van der Waals surface area contributed by atoms with Crippen molar-refractivity contribution < 1.29 is 4.39 Å². The lowest BCUT2D eigenvalue weighted by atomic mass is 10.1. The van der Waals surface area contributed by atoms with Crippen LogP contribution in [0, 0.1) is 5.82 Å². The summed E-state index contributed by atoms with van der Waals surface area (Å²) >= 11 is 0. The molecule has 0 bridgehead atoms. The van der Waals surface area contributed by atoms with Gasteiger partial charge in [0.2, 0.25) is 0 Å². The Balaban J connectivity index is 0.000000720. The van der Waals surface area contributed by atoms with Crippen molar-refractivity contribution in [2.24, 2.45) is 5.73 Å². The van der Waals surface area contributed by atoms with Gasteiger partial charge in [-0.1, -0.05) is 12.1 Å². The Labute approximate surface area is 77.2 Å². The first-order valence-electron chi connectivity index (χ1n) is 3.78. The maximum atomic E-state index is 12.4. The van der Waals surface area contributed by atoms with Gasteiger partial charge in [-0.3, -0.25) is 0 Å². The second kappa shape index (κ2) is 3.42. The van der Waals surface area contributed by atoms with Gasteiger partial charge in [0, 0.05) is 12.0 Å². The van der Waals surface area contributed by atoms with Gasteiger partial charge < -0.3 is 5.73 Å². The minimum atomic E-state index is -0.178. The van der Waals surface area contributed by atoms with Crippen molar-refractivity contribution in [2.75, 3.05) is 0 Å². The molecule has 66 valence electrons. The molecule has 1 saturated carbocycles. The van der Waals surface area contributed by atoms with Gasteiger partial charge in [-0.05, 0) is 24.1 Å². The number of nitrogens with two attached hydrogens (primary N) is 1. The van der Waals surface area contributed by atoms with Crippen molar-refractivity contribution in [1.82, 2.24) is 0 Å². The molecule has 0 spiro atoms. The Morgan fingerprint density at radius 3 is 2.17 bits per heavy atom. The van der Waals surface area contributed by atoms with Gasteiger partial charge in [-0.15, -0.1) is 12.4 Å². The zero-order valence-electron chi connectivity index (χ0n) is 6.53. The van der Waals surface area contributed by atoms with E-state index in [2.05, 4.69) is 0 Å². The van der Waals surface area contributed by atoms with Gasteiger partial charge in [-0.2, -0.15) is 0 Å². The Morgan fingerprint density at radius 2 is 1.75 bits per heavy atom. The van der Waals surface area contributed by atoms with Crippen LogP contribution >= 0.6 is 12.4 Å². The van der Waals surface area contributed by atoms with E-state index in [-0.39, 0.29) is 18.2 Å². The average molecular weight is 188 g/mol. The van der Waals surface area contributed by atoms with Crippen molar-refractivity contribution in [3.8, 4) is 0 Å². The van der Waals surface area contributed by atoms with Crippen molar-refractivity contribution in [1.29, 1.82) is 0 Å². The van der Waals surface area contributed by atoms with Crippen LogP contribution in [-0.2, 0) is 0 Å². The Bertz CT molecular complexity index is 260. The van der Waals surface area contributed by atoms with Crippen LogP contribution in [0.15, 0.2) is 24.3 Å². The Hall–Kier alpha value is -0.600.